The average molecular weight is 398 g/mol. The summed E-state index contributed by atoms with van der Waals surface area (Å²) >= 11 is 3.36. The molecule has 0 bridgehead atoms. The Labute approximate surface area is 154 Å². The molecule has 0 unspecified atom stereocenters. The van der Waals surface area contributed by atoms with E-state index in [0.717, 1.165) is 4.47 Å². The summed E-state index contributed by atoms with van der Waals surface area (Å²) < 4.78 is 12.3. The predicted octanol–water partition coefficient (Wildman–Crippen LogP) is 5.26. The van der Waals surface area contributed by atoms with Crippen LogP contribution in [-0.4, -0.2) is 12.5 Å². The van der Waals surface area contributed by atoms with Crippen molar-refractivity contribution in [3.8, 4) is 17.2 Å². The zero-order chi connectivity index (χ0) is 17.5. The Morgan fingerprint density at radius 2 is 1.52 bits per heavy atom. The van der Waals surface area contributed by atoms with Gasteiger partial charge < -0.3 is 14.8 Å². The minimum atomic E-state index is -0.257. The summed E-state index contributed by atoms with van der Waals surface area (Å²) in [5.41, 5.74) is 0.593. The highest BCUT2D eigenvalue weighted by Crippen LogP contribution is 2.29. The molecule has 0 saturated carbocycles. The van der Waals surface area contributed by atoms with Crippen molar-refractivity contribution < 1.29 is 14.3 Å². The first kappa shape index (κ1) is 17.0. The fourth-order valence-electron chi connectivity index (χ4n) is 2.14. The third-order valence-electron chi connectivity index (χ3n) is 3.32. The van der Waals surface area contributed by atoms with Gasteiger partial charge in [-0.25, -0.2) is 0 Å². The zero-order valence-corrected chi connectivity index (χ0v) is 14.9. The van der Waals surface area contributed by atoms with Crippen LogP contribution in [0.5, 0.6) is 17.2 Å². The number of hydrogen-bond acceptors (Lipinski definition) is 3. The second kappa shape index (κ2) is 8.35. The van der Waals surface area contributed by atoms with Crippen LogP contribution in [0.25, 0.3) is 0 Å². The molecule has 1 amide bonds. The van der Waals surface area contributed by atoms with E-state index in [4.69, 9.17) is 9.47 Å². The lowest BCUT2D eigenvalue weighted by atomic mass is 10.3. The van der Waals surface area contributed by atoms with Gasteiger partial charge in [0.05, 0.1) is 5.69 Å². The molecule has 25 heavy (non-hydrogen) atoms. The lowest BCUT2D eigenvalue weighted by Gasteiger charge is -2.12. The van der Waals surface area contributed by atoms with E-state index < -0.39 is 0 Å². The molecule has 0 aliphatic carbocycles. The van der Waals surface area contributed by atoms with E-state index in [1.807, 2.05) is 54.6 Å². The number of para-hydroxylation sites is 3. The molecular weight excluding hydrogens is 382 g/mol. The first-order valence-corrected chi connectivity index (χ1v) is 8.50. The summed E-state index contributed by atoms with van der Waals surface area (Å²) in [7, 11) is 0. The molecular formula is C20H16BrNO3. The molecule has 0 aliphatic rings. The van der Waals surface area contributed by atoms with E-state index in [2.05, 4.69) is 21.2 Å². The highest BCUT2D eigenvalue weighted by atomic mass is 79.9. The van der Waals surface area contributed by atoms with E-state index in [1.54, 1.807) is 24.3 Å². The summed E-state index contributed by atoms with van der Waals surface area (Å²) in [5, 5.41) is 2.81. The summed E-state index contributed by atoms with van der Waals surface area (Å²) in [6.07, 6.45) is 0. The number of carbonyl (C=O) groups excluding carboxylic acids is 1. The molecule has 3 aromatic rings. The van der Waals surface area contributed by atoms with Gasteiger partial charge in [0, 0.05) is 4.47 Å². The standard InChI is InChI=1S/C20H16BrNO3/c21-15-10-12-16(13-11-15)24-14-20(23)22-18-8-4-5-9-19(18)25-17-6-2-1-3-7-17/h1-13H,14H2,(H,22,23). The van der Waals surface area contributed by atoms with E-state index in [9.17, 15) is 4.79 Å². The maximum absolute atomic E-state index is 12.2. The molecule has 5 heteroatoms. The Morgan fingerprint density at radius 1 is 0.840 bits per heavy atom. The van der Waals surface area contributed by atoms with Crippen molar-refractivity contribution in [1.82, 2.24) is 0 Å². The number of halogens is 1. The second-order valence-corrected chi connectivity index (χ2v) is 6.12. The van der Waals surface area contributed by atoms with E-state index in [0.29, 0.717) is 22.9 Å². The van der Waals surface area contributed by atoms with Gasteiger partial charge in [-0.15, -0.1) is 0 Å². The highest BCUT2D eigenvalue weighted by Gasteiger charge is 2.09. The van der Waals surface area contributed by atoms with Crippen LogP contribution >= 0.6 is 15.9 Å². The fraction of sp³-hybridized carbons (Fsp3) is 0.0500. The molecule has 0 saturated heterocycles. The molecule has 3 aromatic carbocycles. The molecule has 0 heterocycles. The molecule has 1 N–H and O–H groups in total. The predicted molar refractivity (Wildman–Crippen MR) is 101 cm³/mol. The van der Waals surface area contributed by atoms with Crippen molar-refractivity contribution >= 4 is 27.5 Å². The minimum Gasteiger partial charge on any atom is -0.484 e. The Kier molecular flexibility index (Phi) is 5.69. The van der Waals surface area contributed by atoms with Crippen LogP contribution in [0.4, 0.5) is 5.69 Å². The summed E-state index contributed by atoms with van der Waals surface area (Å²) in [6, 6.07) is 24.0. The topological polar surface area (TPSA) is 47.6 Å². The monoisotopic (exact) mass is 397 g/mol. The Morgan fingerprint density at radius 3 is 2.28 bits per heavy atom. The third kappa shape index (κ3) is 5.09. The van der Waals surface area contributed by atoms with Gasteiger partial charge in [0.15, 0.2) is 12.4 Å². The minimum absolute atomic E-state index is 0.0820. The van der Waals surface area contributed by atoms with Crippen LogP contribution in [0.1, 0.15) is 0 Å². The van der Waals surface area contributed by atoms with Crippen LogP contribution < -0.4 is 14.8 Å². The number of ether oxygens (including phenoxy) is 2. The molecule has 0 radical (unpaired) electrons. The normalized spacial score (nSPS) is 10.1. The van der Waals surface area contributed by atoms with E-state index >= 15 is 0 Å². The molecule has 4 nitrogen and oxygen atoms in total. The molecule has 3 rings (SSSR count). The Balaban J connectivity index is 1.62. The van der Waals surface area contributed by atoms with Crippen LogP contribution in [0.15, 0.2) is 83.3 Å². The molecule has 0 atom stereocenters. The number of rotatable bonds is 6. The van der Waals surface area contributed by atoms with Gasteiger partial charge in [-0.05, 0) is 48.5 Å². The first-order valence-electron chi connectivity index (χ1n) is 7.71. The Bertz CT molecular complexity index is 835. The number of benzene rings is 3. The fourth-order valence-corrected chi connectivity index (χ4v) is 2.40. The summed E-state index contributed by atoms with van der Waals surface area (Å²) in [4.78, 5) is 12.2. The van der Waals surface area contributed by atoms with Crippen molar-refractivity contribution in [3.63, 3.8) is 0 Å². The van der Waals surface area contributed by atoms with Gasteiger partial charge in [0.1, 0.15) is 11.5 Å². The quantitative estimate of drug-likeness (QED) is 0.616. The van der Waals surface area contributed by atoms with Gasteiger partial charge in [-0.1, -0.05) is 46.3 Å². The summed E-state index contributed by atoms with van der Waals surface area (Å²) in [5.74, 6) is 1.65. The van der Waals surface area contributed by atoms with Crippen LogP contribution in [0.3, 0.4) is 0 Å². The van der Waals surface area contributed by atoms with Gasteiger partial charge in [-0.3, -0.25) is 4.79 Å². The molecule has 0 aromatic heterocycles. The average Bonchev–Trinajstić information content (AvgIpc) is 2.64. The smallest absolute Gasteiger partial charge is 0.262 e. The highest BCUT2D eigenvalue weighted by molar-refractivity contribution is 9.10. The van der Waals surface area contributed by atoms with Gasteiger partial charge in [-0.2, -0.15) is 0 Å². The second-order valence-electron chi connectivity index (χ2n) is 5.20. The van der Waals surface area contributed by atoms with Crippen LogP contribution in [0.2, 0.25) is 0 Å². The van der Waals surface area contributed by atoms with Crippen molar-refractivity contribution in [1.29, 1.82) is 0 Å². The van der Waals surface area contributed by atoms with Gasteiger partial charge in [0.2, 0.25) is 0 Å². The number of carbonyl (C=O) groups is 1. The first-order chi connectivity index (χ1) is 12.2. The van der Waals surface area contributed by atoms with Gasteiger partial charge in [0.25, 0.3) is 5.91 Å². The lowest BCUT2D eigenvalue weighted by molar-refractivity contribution is -0.118. The molecule has 0 spiro atoms. The summed E-state index contributed by atoms with van der Waals surface area (Å²) in [6.45, 7) is -0.0820. The third-order valence-corrected chi connectivity index (χ3v) is 3.84. The number of anilines is 1. The van der Waals surface area contributed by atoms with E-state index in [1.165, 1.54) is 0 Å². The number of nitrogens with one attached hydrogen (secondary N) is 1. The Hall–Kier alpha value is -2.79. The van der Waals surface area contributed by atoms with E-state index in [-0.39, 0.29) is 12.5 Å². The zero-order valence-electron chi connectivity index (χ0n) is 13.3. The number of hydrogen-bond donors (Lipinski definition) is 1. The van der Waals surface area contributed by atoms with Gasteiger partial charge >= 0.3 is 0 Å². The lowest BCUT2D eigenvalue weighted by Crippen LogP contribution is -2.20. The van der Waals surface area contributed by atoms with Crippen molar-refractivity contribution in [3.05, 3.63) is 83.3 Å². The molecule has 126 valence electrons. The maximum Gasteiger partial charge on any atom is 0.262 e. The molecule has 0 aliphatic heterocycles. The number of amides is 1. The van der Waals surface area contributed by atoms with Crippen LogP contribution in [-0.2, 0) is 4.79 Å². The van der Waals surface area contributed by atoms with Crippen molar-refractivity contribution in [2.45, 2.75) is 0 Å². The molecule has 0 fully saturated rings. The van der Waals surface area contributed by atoms with Crippen molar-refractivity contribution in [2.75, 3.05) is 11.9 Å². The largest absolute Gasteiger partial charge is 0.484 e. The maximum atomic E-state index is 12.2. The SMILES string of the molecule is O=C(COc1ccc(Br)cc1)Nc1ccccc1Oc1ccccc1. The van der Waals surface area contributed by atoms with Crippen LogP contribution in [0, 0.1) is 0 Å². The van der Waals surface area contributed by atoms with Crippen molar-refractivity contribution in [2.24, 2.45) is 0 Å².